The molecular formula is C62H101N9O13S. The lowest BCUT2D eigenvalue weighted by molar-refractivity contribution is -0.148. The first-order chi connectivity index (χ1) is 40.0. The molecule has 1 aliphatic heterocycles. The third-order valence-electron chi connectivity index (χ3n) is 16.1. The molecule has 0 aromatic heterocycles. The second kappa shape index (κ2) is 35.6. The van der Waals surface area contributed by atoms with Gasteiger partial charge in [0.15, 0.2) is 0 Å². The molecule has 1 heterocycles. The van der Waals surface area contributed by atoms with E-state index in [9.17, 15) is 47.7 Å². The second-order valence-electron chi connectivity index (χ2n) is 23.8. The van der Waals surface area contributed by atoms with E-state index in [1.807, 2.05) is 59.7 Å². The van der Waals surface area contributed by atoms with Gasteiger partial charge in [0.1, 0.15) is 30.8 Å². The van der Waals surface area contributed by atoms with Crippen LogP contribution in [0.15, 0.2) is 54.6 Å². The fraction of sp³-hybridized carbons (Fsp3) is 0.677. The van der Waals surface area contributed by atoms with Gasteiger partial charge in [-0.1, -0.05) is 111 Å². The number of likely N-dealkylation sites (N-methyl/N-ethyl adjacent to an activating group) is 3. The largest absolute Gasteiger partial charge is 0.445 e. The average Bonchev–Trinajstić information content (AvgIpc) is 4.22. The zero-order valence-corrected chi connectivity index (χ0v) is 54.2. The molecule has 2 aromatic rings. The van der Waals surface area contributed by atoms with Gasteiger partial charge in [-0.3, -0.25) is 42.7 Å². The molecule has 0 radical (unpaired) electrons. The van der Waals surface area contributed by atoms with Crippen LogP contribution >= 0.6 is 0 Å². The van der Waals surface area contributed by atoms with Crippen molar-refractivity contribution in [3.05, 3.63) is 65.7 Å². The first-order valence-corrected chi connectivity index (χ1v) is 31.6. The maximum Gasteiger partial charge on any atom is 0.410 e. The zero-order valence-electron chi connectivity index (χ0n) is 53.4. The number of carbonyl (C=O) groups excluding carboxylic acids is 8. The highest BCUT2D eigenvalue weighted by atomic mass is 32.2. The molecule has 1 aliphatic rings. The number of anilines is 1. The molecule has 0 spiro atoms. The normalized spacial score (nSPS) is 18.0. The number of aliphatic hydroxyl groups excluding tert-OH is 1. The summed E-state index contributed by atoms with van der Waals surface area (Å²) < 4.78 is 29.7. The first kappa shape index (κ1) is 73.2. The zero-order chi connectivity index (χ0) is 64.0. The van der Waals surface area contributed by atoms with Crippen molar-refractivity contribution in [2.75, 3.05) is 59.2 Å². The lowest BCUT2D eigenvalue weighted by Crippen LogP contribution is -2.60. The fourth-order valence-electron chi connectivity index (χ4n) is 10.9. The monoisotopic (exact) mass is 1210 g/mol. The van der Waals surface area contributed by atoms with E-state index in [1.165, 1.54) is 39.3 Å². The number of benzene rings is 2. The van der Waals surface area contributed by atoms with Crippen molar-refractivity contribution in [2.45, 2.75) is 188 Å². The summed E-state index contributed by atoms with van der Waals surface area (Å²) in [4.78, 5) is 115. The Morgan fingerprint density at radius 3 is 1.93 bits per heavy atom. The Kier molecular flexibility index (Phi) is 30.7. The Morgan fingerprint density at radius 2 is 1.39 bits per heavy atom. The van der Waals surface area contributed by atoms with E-state index >= 15 is 0 Å². The SMILES string of the molecule is CC[C@H](C)[C@@H]([C@@H](CC(=O)N1CCC[C@H]1[C@H](OC)[C@@H](C)C(=O)N[C@H](C)[C@@H](O)c1ccccc1)OC)N(C)C(=O)[C@@H](NC(=O)[C@H](C(C)C)N(C)C(=O)OCc1ccc(NC(=O)[C@H](CCS(C)=O)NC(=O)[C@H](C)NC(=O)[C@@H](CC(C)C)NC)cc1)C(C)C. The van der Waals surface area contributed by atoms with Crippen molar-refractivity contribution in [3.8, 4) is 0 Å². The van der Waals surface area contributed by atoms with Crippen LogP contribution in [0.3, 0.4) is 0 Å². The quantitative estimate of drug-likeness (QED) is 0.0491. The van der Waals surface area contributed by atoms with Gasteiger partial charge in [-0.05, 0) is 93.5 Å². The summed E-state index contributed by atoms with van der Waals surface area (Å²) in [6.07, 6.45) is 0.819. The summed E-state index contributed by atoms with van der Waals surface area (Å²) in [5.74, 6) is -4.32. The van der Waals surface area contributed by atoms with Crippen LogP contribution < -0.4 is 31.9 Å². The lowest BCUT2D eigenvalue weighted by atomic mass is 9.89. The predicted octanol–water partition coefficient (Wildman–Crippen LogP) is 4.91. The summed E-state index contributed by atoms with van der Waals surface area (Å²) in [6.45, 7) is 20.4. The van der Waals surface area contributed by atoms with Crippen LogP contribution in [0, 0.1) is 29.6 Å². The predicted molar refractivity (Wildman–Crippen MR) is 329 cm³/mol. The van der Waals surface area contributed by atoms with Crippen LogP contribution in [0.1, 0.15) is 132 Å². The topological polar surface area (TPSA) is 283 Å². The smallest absolute Gasteiger partial charge is 0.410 e. The summed E-state index contributed by atoms with van der Waals surface area (Å²) in [6, 6.07) is 9.26. The van der Waals surface area contributed by atoms with Gasteiger partial charge in [-0.15, -0.1) is 0 Å². The van der Waals surface area contributed by atoms with Gasteiger partial charge < -0.3 is 61.0 Å². The number of ether oxygens (including phenoxy) is 3. The average molecular weight is 1210 g/mol. The Labute approximate surface area is 507 Å². The van der Waals surface area contributed by atoms with Gasteiger partial charge in [0.2, 0.25) is 41.4 Å². The van der Waals surface area contributed by atoms with Crippen LogP contribution in [0.4, 0.5) is 10.5 Å². The summed E-state index contributed by atoms with van der Waals surface area (Å²) in [5, 5.41) is 27.9. The molecule has 22 nitrogen and oxygen atoms in total. The minimum atomic E-state index is -1.26. The molecule has 0 aliphatic carbocycles. The molecule has 0 saturated carbocycles. The highest BCUT2D eigenvalue weighted by molar-refractivity contribution is 7.84. The Bertz CT molecular complexity index is 2510. The lowest BCUT2D eigenvalue weighted by Gasteiger charge is -2.41. The van der Waals surface area contributed by atoms with E-state index in [1.54, 1.807) is 88.0 Å². The van der Waals surface area contributed by atoms with E-state index in [-0.39, 0.29) is 54.8 Å². The van der Waals surface area contributed by atoms with E-state index < -0.39 is 125 Å². The van der Waals surface area contributed by atoms with Gasteiger partial charge in [0.05, 0.1) is 54.8 Å². The molecule has 1 fully saturated rings. The Morgan fingerprint density at radius 1 is 0.753 bits per heavy atom. The van der Waals surface area contributed by atoms with Crippen LogP contribution in [0.5, 0.6) is 0 Å². The molecule has 3 rings (SSSR count). The number of hydrogen-bond donors (Lipinski definition) is 7. The van der Waals surface area contributed by atoms with E-state index in [2.05, 4.69) is 31.9 Å². The number of likely N-dealkylation sites (tertiary alicyclic amines) is 1. The van der Waals surface area contributed by atoms with E-state index in [0.29, 0.717) is 49.0 Å². The number of carbonyl (C=O) groups is 8. The molecule has 7 N–H and O–H groups in total. The van der Waals surface area contributed by atoms with Crippen molar-refractivity contribution in [2.24, 2.45) is 29.6 Å². The van der Waals surface area contributed by atoms with Gasteiger partial charge in [0.25, 0.3) is 0 Å². The van der Waals surface area contributed by atoms with E-state index in [0.717, 1.165) is 0 Å². The number of hydrogen-bond acceptors (Lipinski definition) is 14. The summed E-state index contributed by atoms with van der Waals surface area (Å²) in [7, 11) is 6.52. The second-order valence-corrected chi connectivity index (χ2v) is 25.4. The third-order valence-corrected chi connectivity index (χ3v) is 16.9. The number of nitrogens with zero attached hydrogens (tertiary/aromatic N) is 3. The number of methoxy groups -OCH3 is 2. The first-order valence-electron chi connectivity index (χ1n) is 29.9. The highest BCUT2D eigenvalue weighted by Gasteiger charge is 2.44. The number of aliphatic hydroxyl groups is 1. The fourth-order valence-corrected chi connectivity index (χ4v) is 11.5. The maximum absolute atomic E-state index is 14.8. The molecular weight excluding hydrogens is 1110 g/mol. The standard InChI is InChI=1S/C62H101N9O13S/c1-18-39(8)53(49(82-15)34-50(72)71-31-22-25-48(71)55(83-16)40(9)56(74)64-41(10)54(73)44-23-20-19-21-24-44)69(13)61(79)51(37(4)5)68-60(78)52(38(6)7)70(14)62(80)84-35-43-26-28-45(29-27-43)66-58(76)46(30-32-85(17)81)67-57(75)42(11)65-59(77)47(63-12)33-36(2)3/h19-21,23-24,26-29,36-42,46-49,51-55,63,73H,18,22,25,30-35H2,1-17H3,(H,64,74)(H,65,77)(H,66,76)(H,67,75)(H,68,78)/t39-,40+,41+,42-,46-,47+,48-,49+,51-,52-,53-,54+,55+,85?/m0/s1. The summed E-state index contributed by atoms with van der Waals surface area (Å²) in [5.41, 5.74) is 1.60. The molecule has 0 bridgehead atoms. The Hall–Kier alpha value is -6.01. The number of nitrogens with one attached hydrogen (secondary N) is 6. The number of rotatable bonds is 34. The molecule has 23 heteroatoms. The van der Waals surface area contributed by atoms with Crippen molar-refractivity contribution in [1.29, 1.82) is 0 Å². The van der Waals surface area contributed by atoms with Gasteiger partial charge in [0, 0.05) is 63.4 Å². The van der Waals surface area contributed by atoms with Gasteiger partial charge in [-0.25, -0.2) is 4.79 Å². The maximum atomic E-state index is 14.8. The number of amides is 8. The van der Waals surface area contributed by atoms with E-state index in [4.69, 9.17) is 14.2 Å². The van der Waals surface area contributed by atoms with Crippen molar-refractivity contribution in [3.63, 3.8) is 0 Å². The molecule has 1 unspecified atom stereocenters. The molecule has 85 heavy (non-hydrogen) atoms. The highest BCUT2D eigenvalue weighted by Crippen LogP contribution is 2.30. The van der Waals surface area contributed by atoms with Crippen molar-refractivity contribution in [1.82, 2.24) is 41.3 Å². The minimum Gasteiger partial charge on any atom is -0.445 e. The summed E-state index contributed by atoms with van der Waals surface area (Å²) >= 11 is 0. The third kappa shape index (κ3) is 21.7. The van der Waals surface area contributed by atoms with Crippen LogP contribution in [-0.4, -0.2) is 186 Å². The van der Waals surface area contributed by atoms with Crippen LogP contribution in [-0.2, 0) is 65.2 Å². The van der Waals surface area contributed by atoms with Crippen molar-refractivity contribution >= 4 is 63.9 Å². The van der Waals surface area contributed by atoms with Gasteiger partial charge in [-0.2, -0.15) is 0 Å². The molecule has 2 aromatic carbocycles. The molecule has 14 atom stereocenters. The van der Waals surface area contributed by atoms with Crippen LogP contribution in [0.2, 0.25) is 0 Å². The van der Waals surface area contributed by atoms with Crippen molar-refractivity contribution < 1.29 is 61.9 Å². The Balaban J connectivity index is 1.69. The molecule has 478 valence electrons. The minimum absolute atomic E-state index is 0.0699. The van der Waals surface area contributed by atoms with Gasteiger partial charge >= 0.3 is 6.09 Å². The van der Waals surface area contributed by atoms with Crippen LogP contribution in [0.25, 0.3) is 0 Å². The molecule has 8 amide bonds. The molecule has 1 saturated heterocycles.